The number of benzene rings is 2. The standard InChI is InChI=1S/C19H19NO/c1-14-7-8-16(9-15(14)2)10-19(12-20)11-17-5-3-4-6-18(17)21-13-19/h3-9H,10-11,13H2,1-2H3. The van der Waals surface area contributed by atoms with Gasteiger partial charge < -0.3 is 4.74 Å². The summed E-state index contributed by atoms with van der Waals surface area (Å²) in [4.78, 5) is 0. The van der Waals surface area contributed by atoms with Crippen LogP contribution in [0.3, 0.4) is 0 Å². The maximum absolute atomic E-state index is 9.72. The minimum atomic E-state index is -0.462. The van der Waals surface area contributed by atoms with Crippen molar-refractivity contribution in [2.24, 2.45) is 5.41 Å². The number of hydrogen-bond donors (Lipinski definition) is 0. The van der Waals surface area contributed by atoms with Crippen LogP contribution in [0.15, 0.2) is 42.5 Å². The van der Waals surface area contributed by atoms with Crippen molar-refractivity contribution in [1.29, 1.82) is 5.26 Å². The molecule has 0 saturated carbocycles. The van der Waals surface area contributed by atoms with Gasteiger partial charge in [0, 0.05) is 0 Å². The predicted molar refractivity (Wildman–Crippen MR) is 83.3 cm³/mol. The summed E-state index contributed by atoms with van der Waals surface area (Å²) in [7, 11) is 0. The number of hydrogen-bond acceptors (Lipinski definition) is 2. The smallest absolute Gasteiger partial charge is 0.122 e. The first-order valence-electron chi connectivity index (χ1n) is 7.30. The molecule has 1 atom stereocenters. The van der Waals surface area contributed by atoms with Gasteiger partial charge in [0.15, 0.2) is 0 Å². The van der Waals surface area contributed by atoms with Crippen LogP contribution in [0.4, 0.5) is 0 Å². The molecule has 0 amide bonds. The second-order valence-corrected chi connectivity index (χ2v) is 6.06. The van der Waals surface area contributed by atoms with E-state index in [0.29, 0.717) is 6.61 Å². The summed E-state index contributed by atoms with van der Waals surface area (Å²) >= 11 is 0. The maximum Gasteiger partial charge on any atom is 0.122 e. The third-order valence-electron chi connectivity index (χ3n) is 4.36. The first-order valence-corrected chi connectivity index (χ1v) is 7.30. The summed E-state index contributed by atoms with van der Waals surface area (Å²) in [6.07, 6.45) is 1.49. The maximum atomic E-state index is 9.72. The zero-order chi connectivity index (χ0) is 14.9. The fourth-order valence-electron chi connectivity index (χ4n) is 2.95. The lowest BCUT2D eigenvalue weighted by atomic mass is 9.76. The number of para-hydroxylation sites is 1. The van der Waals surface area contributed by atoms with Crippen LogP contribution in [-0.4, -0.2) is 6.61 Å². The molecule has 0 saturated heterocycles. The van der Waals surface area contributed by atoms with E-state index >= 15 is 0 Å². The van der Waals surface area contributed by atoms with E-state index in [-0.39, 0.29) is 0 Å². The zero-order valence-corrected chi connectivity index (χ0v) is 12.5. The van der Waals surface area contributed by atoms with Gasteiger partial charge in [0.1, 0.15) is 12.4 Å². The monoisotopic (exact) mass is 277 g/mol. The highest BCUT2D eigenvalue weighted by molar-refractivity contribution is 5.39. The summed E-state index contributed by atoms with van der Waals surface area (Å²) in [5, 5.41) is 9.72. The lowest BCUT2D eigenvalue weighted by Crippen LogP contribution is -2.35. The van der Waals surface area contributed by atoms with Gasteiger partial charge in [0.2, 0.25) is 0 Å². The van der Waals surface area contributed by atoms with Crippen LogP contribution in [0.25, 0.3) is 0 Å². The van der Waals surface area contributed by atoms with E-state index in [4.69, 9.17) is 4.74 Å². The third-order valence-corrected chi connectivity index (χ3v) is 4.36. The molecule has 21 heavy (non-hydrogen) atoms. The molecular formula is C19H19NO. The van der Waals surface area contributed by atoms with Crippen molar-refractivity contribution >= 4 is 0 Å². The number of aryl methyl sites for hydroxylation is 2. The SMILES string of the molecule is Cc1ccc(CC2(C#N)COc3ccccc3C2)cc1C. The molecule has 2 aromatic carbocycles. The highest BCUT2D eigenvalue weighted by atomic mass is 16.5. The number of ether oxygens (including phenoxy) is 1. The van der Waals surface area contributed by atoms with Gasteiger partial charge in [-0.2, -0.15) is 5.26 Å². The number of nitrogens with zero attached hydrogens (tertiary/aromatic N) is 1. The molecule has 2 nitrogen and oxygen atoms in total. The molecule has 0 radical (unpaired) electrons. The Morgan fingerprint density at radius 1 is 1.14 bits per heavy atom. The second-order valence-electron chi connectivity index (χ2n) is 6.06. The summed E-state index contributed by atoms with van der Waals surface area (Å²) < 4.78 is 5.83. The van der Waals surface area contributed by atoms with Gasteiger partial charge in [-0.05, 0) is 55.0 Å². The van der Waals surface area contributed by atoms with Crippen molar-refractivity contribution in [3.05, 3.63) is 64.7 Å². The molecule has 1 aliphatic heterocycles. The average Bonchev–Trinajstić information content (AvgIpc) is 2.51. The molecule has 0 N–H and O–H groups in total. The summed E-state index contributed by atoms with van der Waals surface area (Å²) in [5.41, 5.74) is 4.44. The quantitative estimate of drug-likeness (QED) is 0.831. The Balaban J connectivity index is 1.89. The molecule has 0 aliphatic carbocycles. The van der Waals surface area contributed by atoms with Crippen LogP contribution in [-0.2, 0) is 12.8 Å². The normalized spacial score (nSPS) is 20.2. The molecule has 0 fully saturated rings. The molecule has 1 aliphatic rings. The second kappa shape index (κ2) is 5.26. The molecule has 1 unspecified atom stereocenters. The Hall–Kier alpha value is -2.27. The van der Waals surface area contributed by atoms with E-state index < -0.39 is 5.41 Å². The van der Waals surface area contributed by atoms with Crippen molar-refractivity contribution < 1.29 is 4.74 Å². The first-order chi connectivity index (χ1) is 10.1. The first kappa shape index (κ1) is 13.7. The van der Waals surface area contributed by atoms with E-state index in [9.17, 15) is 5.26 Å². The van der Waals surface area contributed by atoms with Gasteiger partial charge in [0.25, 0.3) is 0 Å². The van der Waals surface area contributed by atoms with Crippen molar-refractivity contribution in [3.63, 3.8) is 0 Å². The van der Waals surface area contributed by atoms with Crippen molar-refractivity contribution in [3.8, 4) is 11.8 Å². The molecule has 2 heteroatoms. The Kier molecular flexibility index (Phi) is 3.43. The minimum Gasteiger partial charge on any atom is -0.492 e. The lowest BCUT2D eigenvalue weighted by Gasteiger charge is -2.32. The van der Waals surface area contributed by atoms with E-state index in [1.807, 2.05) is 18.2 Å². The van der Waals surface area contributed by atoms with E-state index in [2.05, 4.69) is 44.2 Å². The van der Waals surface area contributed by atoms with Gasteiger partial charge in [-0.15, -0.1) is 0 Å². The fourth-order valence-corrected chi connectivity index (χ4v) is 2.95. The molecule has 0 spiro atoms. The van der Waals surface area contributed by atoms with Gasteiger partial charge >= 0.3 is 0 Å². The molecule has 3 rings (SSSR count). The third kappa shape index (κ3) is 2.64. The van der Waals surface area contributed by atoms with E-state index in [0.717, 1.165) is 24.2 Å². The van der Waals surface area contributed by atoms with Gasteiger partial charge in [-0.3, -0.25) is 0 Å². The van der Waals surface area contributed by atoms with Crippen LogP contribution in [0.5, 0.6) is 5.75 Å². The van der Waals surface area contributed by atoms with Crippen LogP contribution < -0.4 is 4.74 Å². The molecule has 0 aromatic heterocycles. The summed E-state index contributed by atoms with van der Waals surface area (Å²) in [5.74, 6) is 0.920. The van der Waals surface area contributed by atoms with E-state index in [1.165, 1.54) is 16.7 Å². The number of nitriles is 1. The molecule has 2 aromatic rings. The van der Waals surface area contributed by atoms with Crippen molar-refractivity contribution in [2.75, 3.05) is 6.61 Å². The fraction of sp³-hybridized carbons (Fsp3) is 0.316. The molecule has 1 heterocycles. The average molecular weight is 277 g/mol. The van der Waals surface area contributed by atoms with Gasteiger partial charge in [0.05, 0.1) is 11.5 Å². The Morgan fingerprint density at radius 2 is 1.95 bits per heavy atom. The zero-order valence-electron chi connectivity index (χ0n) is 12.5. The predicted octanol–water partition coefficient (Wildman–Crippen LogP) is 3.99. The van der Waals surface area contributed by atoms with Crippen LogP contribution in [0.2, 0.25) is 0 Å². The topological polar surface area (TPSA) is 33.0 Å². The Morgan fingerprint density at radius 3 is 2.71 bits per heavy atom. The Labute approximate surface area is 126 Å². The number of rotatable bonds is 2. The van der Waals surface area contributed by atoms with Crippen LogP contribution in [0, 0.1) is 30.6 Å². The minimum absolute atomic E-state index is 0.462. The van der Waals surface area contributed by atoms with Crippen LogP contribution in [0.1, 0.15) is 22.3 Å². The highest BCUT2D eigenvalue weighted by Crippen LogP contribution is 2.36. The Bertz CT molecular complexity index is 714. The van der Waals surface area contributed by atoms with Crippen LogP contribution >= 0.6 is 0 Å². The molecular weight excluding hydrogens is 258 g/mol. The lowest BCUT2D eigenvalue weighted by molar-refractivity contribution is 0.169. The summed E-state index contributed by atoms with van der Waals surface area (Å²) in [6.45, 7) is 4.69. The highest BCUT2D eigenvalue weighted by Gasteiger charge is 2.36. The van der Waals surface area contributed by atoms with Crippen molar-refractivity contribution in [1.82, 2.24) is 0 Å². The molecule has 0 bridgehead atoms. The van der Waals surface area contributed by atoms with Crippen molar-refractivity contribution in [2.45, 2.75) is 26.7 Å². The van der Waals surface area contributed by atoms with E-state index in [1.54, 1.807) is 0 Å². The largest absolute Gasteiger partial charge is 0.492 e. The number of fused-ring (bicyclic) bond motifs is 1. The van der Waals surface area contributed by atoms with Gasteiger partial charge in [-0.25, -0.2) is 0 Å². The summed E-state index contributed by atoms with van der Waals surface area (Å²) in [6, 6.07) is 17.0. The molecule has 106 valence electrons. The van der Waals surface area contributed by atoms with Gasteiger partial charge in [-0.1, -0.05) is 36.4 Å².